The first-order valence-electron chi connectivity index (χ1n) is 11.6. The van der Waals surface area contributed by atoms with Crippen molar-refractivity contribution < 1.29 is 23.5 Å². The molecule has 4 rings (SSSR count). The molecule has 0 radical (unpaired) electrons. The molecule has 2 aromatic rings. The van der Waals surface area contributed by atoms with Gasteiger partial charge in [0, 0.05) is 45.2 Å². The second-order valence-electron chi connectivity index (χ2n) is 8.55. The summed E-state index contributed by atoms with van der Waals surface area (Å²) in [5, 5.41) is 6.08. The number of cyclic esters (lactones) is 1. The molecule has 1 unspecified atom stereocenters. The van der Waals surface area contributed by atoms with Crippen molar-refractivity contribution in [2.24, 2.45) is 0 Å². The maximum atomic E-state index is 14.9. The molecule has 1 atom stereocenters. The predicted molar refractivity (Wildman–Crippen MR) is 127 cm³/mol. The molecule has 2 heterocycles. The van der Waals surface area contributed by atoms with Crippen LogP contribution in [0.15, 0.2) is 42.5 Å². The zero-order valence-electron chi connectivity index (χ0n) is 19.4. The van der Waals surface area contributed by atoms with Gasteiger partial charge in [0.05, 0.1) is 32.0 Å². The number of carbonyl (C=O) groups is 2. The third kappa shape index (κ3) is 6.31. The fourth-order valence-electron chi connectivity index (χ4n) is 4.10. The Labute approximate surface area is 199 Å². The smallest absolute Gasteiger partial charge is 0.414 e. The Hall–Kier alpha value is -3.01. The van der Waals surface area contributed by atoms with Gasteiger partial charge in [-0.2, -0.15) is 0 Å². The molecule has 0 spiro atoms. The van der Waals surface area contributed by atoms with Gasteiger partial charge < -0.3 is 20.1 Å². The van der Waals surface area contributed by atoms with Crippen LogP contribution in [0.4, 0.5) is 14.9 Å². The highest BCUT2D eigenvalue weighted by molar-refractivity contribution is 5.90. The van der Waals surface area contributed by atoms with E-state index in [-0.39, 0.29) is 19.0 Å². The normalized spacial score (nSPS) is 18.7. The van der Waals surface area contributed by atoms with E-state index < -0.39 is 18.0 Å². The second kappa shape index (κ2) is 11.4. The zero-order valence-corrected chi connectivity index (χ0v) is 19.4. The quantitative estimate of drug-likeness (QED) is 0.548. The standard InChI is InChI=1S/C25H31FN4O4/c1-18(31)28-16-22-17-30(25(32)34-22)21-6-7-23(24(26)14-21)20-4-2-19(3-5-20)15-27-8-9-29-10-12-33-13-11-29/h2-7,14,22,27H,8-13,15-17H2,1H3,(H,28,31). The minimum Gasteiger partial charge on any atom is -0.442 e. The first-order chi connectivity index (χ1) is 16.5. The lowest BCUT2D eigenvalue weighted by Crippen LogP contribution is -2.40. The van der Waals surface area contributed by atoms with Crippen molar-refractivity contribution in [1.29, 1.82) is 0 Å². The predicted octanol–water partition coefficient (Wildman–Crippen LogP) is 2.38. The average molecular weight is 471 g/mol. The van der Waals surface area contributed by atoms with Crippen LogP contribution in [0.25, 0.3) is 11.1 Å². The number of hydrogen-bond donors (Lipinski definition) is 2. The van der Waals surface area contributed by atoms with E-state index in [0.29, 0.717) is 11.3 Å². The maximum absolute atomic E-state index is 14.9. The Kier molecular flexibility index (Phi) is 8.10. The van der Waals surface area contributed by atoms with Crippen LogP contribution >= 0.6 is 0 Å². The number of nitrogens with one attached hydrogen (secondary N) is 2. The van der Waals surface area contributed by atoms with Crippen molar-refractivity contribution in [3.8, 4) is 11.1 Å². The molecule has 2 amide bonds. The van der Waals surface area contributed by atoms with Gasteiger partial charge in [0.15, 0.2) is 0 Å². The van der Waals surface area contributed by atoms with Crippen LogP contribution in [0.5, 0.6) is 0 Å². The van der Waals surface area contributed by atoms with Gasteiger partial charge in [0.1, 0.15) is 11.9 Å². The van der Waals surface area contributed by atoms with Gasteiger partial charge in [0.2, 0.25) is 5.91 Å². The van der Waals surface area contributed by atoms with Crippen LogP contribution in [-0.4, -0.2) is 75.5 Å². The zero-order chi connectivity index (χ0) is 23.9. The van der Waals surface area contributed by atoms with Gasteiger partial charge in [-0.1, -0.05) is 24.3 Å². The van der Waals surface area contributed by atoms with Gasteiger partial charge >= 0.3 is 6.09 Å². The number of carbonyl (C=O) groups excluding carboxylic acids is 2. The molecule has 2 fully saturated rings. The molecular weight excluding hydrogens is 439 g/mol. The minimum absolute atomic E-state index is 0.195. The first-order valence-corrected chi connectivity index (χ1v) is 11.6. The molecule has 2 aromatic carbocycles. The van der Waals surface area contributed by atoms with E-state index in [1.54, 1.807) is 12.1 Å². The van der Waals surface area contributed by atoms with Crippen LogP contribution in [0.2, 0.25) is 0 Å². The number of hydrogen-bond acceptors (Lipinski definition) is 6. The summed E-state index contributed by atoms with van der Waals surface area (Å²) in [6, 6.07) is 12.5. The van der Waals surface area contributed by atoms with E-state index in [1.165, 1.54) is 17.9 Å². The summed E-state index contributed by atoms with van der Waals surface area (Å²) in [6.45, 7) is 8.12. The SMILES string of the molecule is CC(=O)NCC1CN(c2ccc(-c3ccc(CNCCN4CCOCC4)cc3)c(F)c2)C(=O)O1. The third-order valence-electron chi connectivity index (χ3n) is 6.02. The number of benzene rings is 2. The average Bonchev–Trinajstić information content (AvgIpc) is 3.22. The van der Waals surface area contributed by atoms with Gasteiger partial charge in [0.25, 0.3) is 0 Å². The van der Waals surface area contributed by atoms with Crippen LogP contribution < -0.4 is 15.5 Å². The molecule has 9 heteroatoms. The molecule has 2 saturated heterocycles. The van der Waals surface area contributed by atoms with Gasteiger partial charge in [-0.15, -0.1) is 0 Å². The topological polar surface area (TPSA) is 83.1 Å². The molecule has 8 nitrogen and oxygen atoms in total. The van der Waals surface area contributed by atoms with E-state index in [9.17, 15) is 14.0 Å². The fourth-order valence-corrected chi connectivity index (χ4v) is 4.10. The Morgan fingerprint density at radius 2 is 1.91 bits per heavy atom. The van der Waals surface area contributed by atoms with Crippen molar-refractivity contribution in [3.05, 3.63) is 53.8 Å². The third-order valence-corrected chi connectivity index (χ3v) is 6.02. The van der Waals surface area contributed by atoms with Crippen LogP contribution in [0.1, 0.15) is 12.5 Å². The highest BCUT2D eigenvalue weighted by Gasteiger charge is 2.32. The maximum Gasteiger partial charge on any atom is 0.414 e. The number of rotatable bonds is 9. The number of nitrogens with zero attached hydrogens (tertiary/aromatic N) is 2. The molecule has 0 aromatic heterocycles. The molecule has 2 aliphatic heterocycles. The highest BCUT2D eigenvalue weighted by atomic mass is 19.1. The van der Waals surface area contributed by atoms with E-state index >= 15 is 0 Å². The first kappa shape index (κ1) is 24.1. The Bertz CT molecular complexity index is 995. The lowest BCUT2D eigenvalue weighted by molar-refractivity contribution is -0.119. The summed E-state index contributed by atoms with van der Waals surface area (Å²) in [4.78, 5) is 27.0. The van der Waals surface area contributed by atoms with Gasteiger partial charge in [-0.3, -0.25) is 14.6 Å². The van der Waals surface area contributed by atoms with Crippen molar-refractivity contribution >= 4 is 17.7 Å². The van der Waals surface area contributed by atoms with Crippen molar-refractivity contribution in [1.82, 2.24) is 15.5 Å². The fraction of sp³-hybridized carbons (Fsp3) is 0.440. The van der Waals surface area contributed by atoms with Crippen molar-refractivity contribution in [3.63, 3.8) is 0 Å². The summed E-state index contributed by atoms with van der Waals surface area (Å²) < 4.78 is 25.6. The van der Waals surface area contributed by atoms with E-state index in [0.717, 1.165) is 57.1 Å². The Balaban J connectivity index is 1.31. The van der Waals surface area contributed by atoms with Gasteiger partial charge in [-0.05, 0) is 29.3 Å². The molecule has 0 bridgehead atoms. The number of morpholine rings is 1. The molecular formula is C25H31FN4O4. The Morgan fingerprint density at radius 3 is 2.62 bits per heavy atom. The van der Waals surface area contributed by atoms with Crippen molar-refractivity contribution in [2.45, 2.75) is 19.6 Å². The molecule has 0 saturated carbocycles. The number of halogens is 1. The molecule has 182 valence electrons. The largest absolute Gasteiger partial charge is 0.442 e. The number of amides is 2. The van der Waals surface area contributed by atoms with Crippen LogP contribution in [0, 0.1) is 5.82 Å². The van der Waals surface area contributed by atoms with Crippen LogP contribution in [0.3, 0.4) is 0 Å². The number of anilines is 1. The van der Waals surface area contributed by atoms with E-state index in [2.05, 4.69) is 15.5 Å². The summed E-state index contributed by atoms with van der Waals surface area (Å²) in [7, 11) is 0. The molecule has 2 N–H and O–H groups in total. The summed E-state index contributed by atoms with van der Waals surface area (Å²) in [5.41, 5.74) is 2.80. The van der Waals surface area contributed by atoms with E-state index in [1.807, 2.05) is 24.3 Å². The minimum atomic E-state index is -0.548. The highest BCUT2D eigenvalue weighted by Crippen LogP contribution is 2.29. The monoisotopic (exact) mass is 470 g/mol. The Morgan fingerprint density at radius 1 is 1.15 bits per heavy atom. The van der Waals surface area contributed by atoms with Gasteiger partial charge in [-0.25, -0.2) is 9.18 Å². The van der Waals surface area contributed by atoms with Crippen LogP contribution in [-0.2, 0) is 20.8 Å². The lowest BCUT2D eigenvalue weighted by atomic mass is 10.0. The van der Waals surface area contributed by atoms with Crippen molar-refractivity contribution in [2.75, 3.05) is 57.4 Å². The summed E-state index contributed by atoms with van der Waals surface area (Å²) >= 11 is 0. The second-order valence-corrected chi connectivity index (χ2v) is 8.55. The number of ether oxygens (including phenoxy) is 2. The molecule has 2 aliphatic rings. The molecule has 0 aliphatic carbocycles. The van der Waals surface area contributed by atoms with E-state index in [4.69, 9.17) is 9.47 Å². The molecule has 34 heavy (non-hydrogen) atoms. The lowest BCUT2D eigenvalue weighted by Gasteiger charge is -2.26. The summed E-state index contributed by atoms with van der Waals surface area (Å²) in [5.74, 6) is -0.605. The summed E-state index contributed by atoms with van der Waals surface area (Å²) in [6.07, 6.45) is -1.01.